The number of imidazole rings is 1. The van der Waals surface area contributed by atoms with Crippen LogP contribution >= 0.6 is 11.6 Å². The molecule has 3 atom stereocenters. The molecule has 312 valence electrons. The number of nitrogens with zero attached hydrogens (tertiary/aromatic N) is 8. The van der Waals surface area contributed by atoms with Crippen molar-refractivity contribution in [2.24, 2.45) is 20.0 Å². The van der Waals surface area contributed by atoms with Gasteiger partial charge in [-0.25, -0.2) is 35.9 Å². The summed E-state index contributed by atoms with van der Waals surface area (Å²) in [6.07, 6.45) is 1.12. The summed E-state index contributed by atoms with van der Waals surface area (Å²) in [6, 6.07) is 6.21. The number of anilines is 1. The second-order valence-electron chi connectivity index (χ2n) is 15.1. The number of pyridine rings is 1. The third-order valence-corrected chi connectivity index (χ3v) is 11.8. The van der Waals surface area contributed by atoms with Gasteiger partial charge in [-0.3, -0.25) is 23.6 Å². The Kier molecular flexibility index (Phi) is 9.26. The van der Waals surface area contributed by atoms with Gasteiger partial charge in [0.2, 0.25) is 15.9 Å². The normalized spacial score (nSPS) is 17.6. The number of benzene rings is 2. The number of H-pyrrole nitrogens is 1. The largest absolute Gasteiger partial charge is 0.346 e. The van der Waals surface area contributed by atoms with Crippen molar-refractivity contribution in [3.63, 3.8) is 0 Å². The Morgan fingerprint density at radius 1 is 1.03 bits per heavy atom. The van der Waals surface area contributed by atoms with Crippen LogP contribution in [0.1, 0.15) is 59.4 Å². The first-order valence-corrected chi connectivity index (χ1v) is 20.7. The molecule has 0 saturated heterocycles. The van der Waals surface area contributed by atoms with Crippen LogP contribution in [-0.2, 0) is 47.8 Å². The molecule has 60 heavy (non-hydrogen) atoms. The number of aromatic amines is 1. The van der Waals surface area contributed by atoms with Crippen molar-refractivity contribution in [1.82, 2.24) is 49.6 Å². The molecule has 3 N–H and O–H groups in total. The second-order valence-corrected chi connectivity index (χ2v) is 17.2. The smallest absolute Gasteiger partial charge is 0.293 e. The number of hydrogen-bond donors (Lipinski definition) is 3. The molecule has 1 amide bonds. The number of sulfonamides is 1. The Morgan fingerprint density at radius 2 is 1.78 bits per heavy atom. The molecule has 22 heteroatoms. The maximum absolute atomic E-state index is 15.7. The van der Waals surface area contributed by atoms with Gasteiger partial charge in [0, 0.05) is 49.0 Å². The highest BCUT2D eigenvalue weighted by molar-refractivity contribution is 7.92. The van der Waals surface area contributed by atoms with E-state index in [-0.39, 0.29) is 63.5 Å². The molecule has 2 aliphatic carbocycles. The number of alkyl halides is 4. The topological polar surface area (TPSA) is 170 Å². The van der Waals surface area contributed by atoms with Crippen molar-refractivity contribution in [3.05, 3.63) is 93.7 Å². The van der Waals surface area contributed by atoms with E-state index >= 15 is 8.78 Å². The van der Waals surface area contributed by atoms with Crippen LogP contribution < -0.4 is 10.0 Å². The lowest BCUT2D eigenvalue weighted by Crippen LogP contribution is -2.36. The fourth-order valence-corrected chi connectivity index (χ4v) is 9.19. The standard InChI is InChI=1S/C38H32ClF6N11O3S/c1-54-14-17(13-46-54)35-48-26-12-22(20-5-7-24(39)29-32(20)55(2)52-37(29)53-60(3,58)59)30(49-36(26)50-35)25(10-16-8-18(40)11-19(41)9-16)47-27(57)15-56-33-28(31(51-56)34(42)43)21-4-6-23(21)38(33,44)45/h5,7-9,11-14,21,23,25,34H,4,6,10,15H2,1-3H3,(H,47,57)(H,52,53)(H,48,49,50)/t21-,23+,25-/m0/s1. The predicted molar refractivity (Wildman–Crippen MR) is 207 cm³/mol. The number of aryl methyl sites for hydroxylation is 2. The summed E-state index contributed by atoms with van der Waals surface area (Å²) in [4.78, 5) is 26.9. The van der Waals surface area contributed by atoms with E-state index in [1.54, 1.807) is 43.3 Å². The number of nitrogens with one attached hydrogen (secondary N) is 3. The molecule has 9 rings (SSSR count). The predicted octanol–water partition coefficient (Wildman–Crippen LogP) is 7.05. The zero-order valence-corrected chi connectivity index (χ0v) is 33.2. The Bertz CT molecular complexity index is 3000. The average molecular weight is 872 g/mol. The number of carbonyl (C=O) groups is 1. The molecular weight excluding hydrogens is 840 g/mol. The molecule has 2 aromatic carbocycles. The summed E-state index contributed by atoms with van der Waals surface area (Å²) in [5.41, 5.74) is 0.418. The summed E-state index contributed by atoms with van der Waals surface area (Å²) in [7, 11) is -0.580. The van der Waals surface area contributed by atoms with Gasteiger partial charge in [-0.2, -0.15) is 24.1 Å². The van der Waals surface area contributed by atoms with Crippen LogP contribution in [0, 0.1) is 17.6 Å². The van der Waals surface area contributed by atoms with Crippen LogP contribution in [-0.4, -0.2) is 64.9 Å². The molecule has 14 nitrogen and oxygen atoms in total. The lowest BCUT2D eigenvalue weighted by molar-refractivity contribution is -0.123. The van der Waals surface area contributed by atoms with E-state index in [4.69, 9.17) is 16.6 Å². The van der Waals surface area contributed by atoms with Gasteiger partial charge in [0.15, 0.2) is 11.5 Å². The zero-order valence-electron chi connectivity index (χ0n) is 31.6. The molecular formula is C38H32ClF6N11O3S. The minimum Gasteiger partial charge on any atom is -0.346 e. The third-order valence-electron chi connectivity index (χ3n) is 11.0. The van der Waals surface area contributed by atoms with E-state index in [9.17, 15) is 30.8 Å². The van der Waals surface area contributed by atoms with Crippen molar-refractivity contribution in [2.75, 3.05) is 11.0 Å². The van der Waals surface area contributed by atoms with Crippen molar-refractivity contribution < 1.29 is 39.6 Å². The molecule has 5 heterocycles. The number of carbonyl (C=O) groups excluding carboxylic acids is 1. The highest BCUT2D eigenvalue weighted by Gasteiger charge is 2.62. The van der Waals surface area contributed by atoms with Gasteiger partial charge >= 0.3 is 0 Å². The van der Waals surface area contributed by atoms with Crippen molar-refractivity contribution in [1.29, 1.82) is 0 Å². The molecule has 1 fully saturated rings. The molecule has 0 unspecified atom stereocenters. The van der Waals surface area contributed by atoms with Crippen LogP contribution in [0.3, 0.4) is 0 Å². The third kappa shape index (κ3) is 6.72. The molecule has 1 saturated carbocycles. The van der Waals surface area contributed by atoms with Gasteiger partial charge in [0.25, 0.3) is 12.3 Å². The number of fused-ring (bicyclic) bond motifs is 5. The second kappa shape index (κ2) is 14.1. The van der Waals surface area contributed by atoms with Crippen LogP contribution in [0.25, 0.3) is 44.6 Å². The lowest BCUT2D eigenvalue weighted by atomic mass is 9.73. The van der Waals surface area contributed by atoms with E-state index in [0.29, 0.717) is 38.7 Å². The first kappa shape index (κ1) is 39.5. The van der Waals surface area contributed by atoms with Crippen molar-refractivity contribution in [2.45, 2.75) is 50.1 Å². The molecule has 0 aliphatic heterocycles. The minimum atomic E-state index is -3.84. The van der Waals surface area contributed by atoms with Gasteiger partial charge in [-0.05, 0) is 55.0 Å². The molecule has 2 aliphatic rings. The number of halogens is 7. The average Bonchev–Trinajstić information content (AvgIpc) is 3.92. The van der Waals surface area contributed by atoms with E-state index in [2.05, 4.69) is 35.3 Å². The van der Waals surface area contributed by atoms with Crippen molar-refractivity contribution in [3.8, 4) is 22.5 Å². The maximum Gasteiger partial charge on any atom is 0.293 e. The lowest BCUT2D eigenvalue weighted by Gasteiger charge is -2.34. The van der Waals surface area contributed by atoms with Gasteiger partial charge < -0.3 is 10.3 Å². The van der Waals surface area contributed by atoms with Gasteiger partial charge in [0.05, 0.1) is 51.2 Å². The van der Waals surface area contributed by atoms with Crippen LogP contribution in [0.5, 0.6) is 0 Å². The molecule has 0 radical (unpaired) electrons. The highest BCUT2D eigenvalue weighted by atomic mass is 35.5. The van der Waals surface area contributed by atoms with Gasteiger partial charge in [-0.1, -0.05) is 17.7 Å². The molecule has 0 bridgehead atoms. The number of rotatable bonds is 11. The van der Waals surface area contributed by atoms with E-state index < -0.39 is 75.7 Å². The van der Waals surface area contributed by atoms with E-state index in [1.165, 1.54) is 10.7 Å². The SMILES string of the molecule is Cn1cc(-c2nc3nc([C@H](Cc4cc(F)cc(F)c4)NC(=O)Cn4nc(C(F)F)c5c4C(F)(F)[C@@H]4CC[C@H]54)c(-c4ccc(Cl)c5c(NS(C)(=O)=O)nn(C)c45)cc3[nH]2)cn1. The van der Waals surface area contributed by atoms with Crippen LogP contribution in [0.2, 0.25) is 5.02 Å². The number of amides is 1. The minimum absolute atomic E-state index is 0.0632. The monoisotopic (exact) mass is 871 g/mol. The quantitative estimate of drug-likeness (QED) is 0.116. The summed E-state index contributed by atoms with van der Waals surface area (Å²) >= 11 is 6.66. The molecule has 5 aromatic heterocycles. The maximum atomic E-state index is 15.7. The summed E-state index contributed by atoms with van der Waals surface area (Å²) in [6.45, 7) is -0.906. The number of hydrogen-bond acceptors (Lipinski definition) is 8. The van der Waals surface area contributed by atoms with Gasteiger partial charge in [0.1, 0.15) is 35.4 Å². The molecule has 7 aromatic rings. The molecule has 0 spiro atoms. The first-order chi connectivity index (χ1) is 28.4. The first-order valence-electron chi connectivity index (χ1n) is 18.4. The van der Waals surface area contributed by atoms with E-state index in [1.807, 2.05) is 0 Å². The fraction of sp³-hybridized carbons (Fsp3) is 0.316. The Hall–Kier alpha value is -5.96. The Balaban J connectivity index is 1.22. The van der Waals surface area contributed by atoms with Crippen LogP contribution in [0.4, 0.5) is 32.2 Å². The summed E-state index contributed by atoms with van der Waals surface area (Å²) < 4.78 is 120. The highest BCUT2D eigenvalue weighted by Crippen LogP contribution is 2.63. The summed E-state index contributed by atoms with van der Waals surface area (Å²) in [5.74, 6) is -8.04. The van der Waals surface area contributed by atoms with Crippen molar-refractivity contribution >= 4 is 55.4 Å². The Labute approximate surface area is 341 Å². The fourth-order valence-electron chi connectivity index (χ4n) is 8.46. The Morgan fingerprint density at radius 3 is 2.43 bits per heavy atom. The van der Waals surface area contributed by atoms with Crippen LogP contribution in [0.15, 0.2) is 48.8 Å². The van der Waals surface area contributed by atoms with E-state index in [0.717, 1.165) is 18.4 Å². The zero-order chi connectivity index (χ0) is 42.6. The number of aromatic nitrogens is 9. The summed E-state index contributed by atoms with van der Waals surface area (Å²) in [5, 5.41) is 15.5. The van der Waals surface area contributed by atoms with Gasteiger partial charge in [-0.15, -0.1) is 0 Å².